The number of anilines is 1. The SMILES string of the molecule is CCC1C(=O)NC(=O)CN1c1c(CNC)c(C)nn1C. The van der Waals surface area contributed by atoms with Crippen LogP contribution >= 0.6 is 0 Å². The molecule has 2 heterocycles. The first-order valence-corrected chi connectivity index (χ1v) is 6.77. The highest BCUT2D eigenvalue weighted by Crippen LogP contribution is 2.27. The zero-order chi connectivity index (χ0) is 14.9. The fourth-order valence-corrected chi connectivity index (χ4v) is 2.73. The topological polar surface area (TPSA) is 79.3 Å². The van der Waals surface area contributed by atoms with Gasteiger partial charge in [0, 0.05) is 19.2 Å². The zero-order valence-corrected chi connectivity index (χ0v) is 12.4. The van der Waals surface area contributed by atoms with Crippen molar-refractivity contribution in [1.82, 2.24) is 20.4 Å². The van der Waals surface area contributed by atoms with Crippen LogP contribution in [0.25, 0.3) is 0 Å². The van der Waals surface area contributed by atoms with E-state index in [4.69, 9.17) is 0 Å². The molecular formula is C13H21N5O2. The minimum Gasteiger partial charge on any atom is -0.335 e. The van der Waals surface area contributed by atoms with E-state index in [0.29, 0.717) is 13.0 Å². The smallest absolute Gasteiger partial charge is 0.249 e. The summed E-state index contributed by atoms with van der Waals surface area (Å²) in [6, 6.07) is -0.335. The Hall–Kier alpha value is -1.89. The predicted octanol–water partition coefficient (Wildman–Crippen LogP) is -0.311. The molecule has 0 bridgehead atoms. The Bertz CT molecular complexity index is 537. The number of hydrogen-bond acceptors (Lipinski definition) is 5. The third kappa shape index (κ3) is 2.40. The number of carbonyl (C=O) groups excluding carboxylic acids is 2. The monoisotopic (exact) mass is 279 g/mol. The second-order valence-corrected chi connectivity index (χ2v) is 5.01. The van der Waals surface area contributed by atoms with E-state index >= 15 is 0 Å². The van der Waals surface area contributed by atoms with Crippen LogP contribution in [-0.2, 0) is 23.2 Å². The Morgan fingerprint density at radius 1 is 1.45 bits per heavy atom. The van der Waals surface area contributed by atoms with Crippen LogP contribution < -0.4 is 15.5 Å². The predicted molar refractivity (Wildman–Crippen MR) is 75.3 cm³/mol. The fraction of sp³-hybridized carbons (Fsp3) is 0.615. The molecule has 1 aromatic rings. The van der Waals surface area contributed by atoms with E-state index < -0.39 is 0 Å². The molecule has 7 heteroatoms. The summed E-state index contributed by atoms with van der Waals surface area (Å²) in [4.78, 5) is 25.5. The number of imide groups is 1. The van der Waals surface area contributed by atoms with Gasteiger partial charge in [-0.15, -0.1) is 0 Å². The van der Waals surface area contributed by atoms with Gasteiger partial charge in [-0.2, -0.15) is 5.10 Å². The number of nitrogens with one attached hydrogen (secondary N) is 2. The van der Waals surface area contributed by atoms with Gasteiger partial charge in [0.25, 0.3) is 0 Å². The Kier molecular flexibility index (Phi) is 4.08. The van der Waals surface area contributed by atoms with Gasteiger partial charge < -0.3 is 10.2 Å². The molecule has 7 nitrogen and oxygen atoms in total. The number of rotatable bonds is 4. The van der Waals surface area contributed by atoms with Crippen molar-refractivity contribution >= 4 is 17.6 Å². The highest BCUT2D eigenvalue weighted by Gasteiger charge is 2.35. The van der Waals surface area contributed by atoms with Gasteiger partial charge in [-0.05, 0) is 20.4 Å². The Morgan fingerprint density at radius 2 is 2.15 bits per heavy atom. The molecule has 20 heavy (non-hydrogen) atoms. The molecule has 1 saturated heterocycles. The molecule has 1 aliphatic rings. The van der Waals surface area contributed by atoms with E-state index in [1.54, 1.807) is 4.68 Å². The number of aryl methyl sites for hydroxylation is 2. The third-order valence-electron chi connectivity index (χ3n) is 3.58. The van der Waals surface area contributed by atoms with Crippen molar-refractivity contribution in [2.45, 2.75) is 32.9 Å². The van der Waals surface area contributed by atoms with Gasteiger partial charge in [0.05, 0.1) is 12.2 Å². The Labute approximate surface area is 118 Å². The molecule has 0 saturated carbocycles. The first-order chi connectivity index (χ1) is 9.49. The average molecular weight is 279 g/mol. The lowest BCUT2D eigenvalue weighted by Gasteiger charge is -2.35. The largest absolute Gasteiger partial charge is 0.335 e. The maximum atomic E-state index is 12.0. The Morgan fingerprint density at radius 3 is 2.75 bits per heavy atom. The van der Waals surface area contributed by atoms with Gasteiger partial charge in [0.1, 0.15) is 11.9 Å². The average Bonchev–Trinajstić information content (AvgIpc) is 2.64. The quantitative estimate of drug-likeness (QED) is 0.739. The standard InChI is InChI=1S/C13H21N5O2/c1-5-10-12(20)15-11(19)7-18(10)13-9(6-14-3)8(2)16-17(13)4/h10,14H,5-7H2,1-4H3,(H,15,19,20). The van der Waals surface area contributed by atoms with Gasteiger partial charge in [0.2, 0.25) is 11.8 Å². The lowest BCUT2D eigenvalue weighted by atomic mass is 10.1. The van der Waals surface area contributed by atoms with E-state index in [1.165, 1.54) is 0 Å². The number of amides is 2. The molecule has 0 aliphatic carbocycles. The van der Waals surface area contributed by atoms with E-state index in [0.717, 1.165) is 17.1 Å². The molecule has 2 N–H and O–H groups in total. The summed E-state index contributed by atoms with van der Waals surface area (Å²) in [5.74, 6) is 0.332. The summed E-state index contributed by atoms with van der Waals surface area (Å²) in [6.45, 7) is 4.70. The lowest BCUT2D eigenvalue weighted by molar-refractivity contribution is -0.132. The highest BCUT2D eigenvalue weighted by atomic mass is 16.2. The number of piperazine rings is 1. The van der Waals surface area contributed by atoms with Gasteiger partial charge >= 0.3 is 0 Å². The van der Waals surface area contributed by atoms with E-state index in [-0.39, 0.29) is 24.4 Å². The van der Waals surface area contributed by atoms with Crippen molar-refractivity contribution in [1.29, 1.82) is 0 Å². The number of carbonyl (C=O) groups is 2. The van der Waals surface area contributed by atoms with Crippen molar-refractivity contribution < 1.29 is 9.59 Å². The molecule has 2 amide bonds. The van der Waals surface area contributed by atoms with Crippen LogP contribution in [0.3, 0.4) is 0 Å². The van der Waals surface area contributed by atoms with Gasteiger partial charge in [-0.25, -0.2) is 0 Å². The zero-order valence-electron chi connectivity index (χ0n) is 12.4. The van der Waals surface area contributed by atoms with Crippen molar-refractivity contribution in [2.24, 2.45) is 7.05 Å². The molecule has 0 spiro atoms. The molecular weight excluding hydrogens is 258 g/mol. The second-order valence-electron chi connectivity index (χ2n) is 5.01. The van der Waals surface area contributed by atoms with Crippen LogP contribution in [0.15, 0.2) is 0 Å². The molecule has 1 unspecified atom stereocenters. The first-order valence-electron chi connectivity index (χ1n) is 6.77. The van der Waals surface area contributed by atoms with Crippen LogP contribution in [0.2, 0.25) is 0 Å². The molecule has 1 aromatic heterocycles. The van der Waals surface area contributed by atoms with E-state index in [2.05, 4.69) is 15.7 Å². The van der Waals surface area contributed by atoms with Crippen LogP contribution in [0.1, 0.15) is 24.6 Å². The molecule has 2 rings (SSSR count). The molecule has 1 aliphatic heterocycles. The van der Waals surface area contributed by atoms with Crippen molar-refractivity contribution in [3.05, 3.63) is 11.3 Å². The lowest BCUT2D eigenvalue weighted by Crippen LogP contribution is -2.58. The molecule has 110 valence electrons. The summed E-state index contributed by atoms with van der Waals surface area (Å²) >= 11 is 0. The van der Waals surface area contributed by atoms with Crippen LogP contribution in [0, 0.1) is 6.92 Å². The van der Waals surface area contributed by atoms with Crippen LogP contribution in [0.5, 0.6) is 0 Å². The number of aromatic nitrogens is 2. The van der Waals surface area contributed by atoms with Gasteiger partial charge in [0.15, 0.2) is 0 Å². The second kappa shape index (κ2) is 5.62. The number of hydrogen-bond donors (Lipinski definition) is 2. The molecule has 1 fully saturated rings. The molecule has 0 radical (unpaired) electrons. The van der Waals surface area contributed by atoms with Gasteiger partial charge in [-0.3, -0.25) is 19.6 Å². The Balaban J connectivity index is 2.47. The molecule has 0 aromatic carbocycles. The minimum atomic E-state index is -0.335. The summed E-state index contributed by atoms with van der Waals surface area (Å²) in [6.07, 6.45) is 0.641. The third-order valence-corrected chi connectivity index (χ3v) is 3.58. The van der Waals surface area contributed by atoms with Crippen molar-refractivity contribution in [3.8, 4) is 0 Å². The summed E-state index contributed by atoms with van der Waals surface area (Å²) in [7, 11) is 3.70. The molecule has 1 atom stereocenters. The van der Waals surface area contributed by atoms with Crippen molar-refractivity contribution in [2.75, 3.05) is 18.5 Å². The number of nitrogens with zero attached hydrogens (tertiary/aromatic N) is 3. The van der Waals surface area contributed by atoms with Gasteiger partial charge in [-0.1, -0.05) is 6.92 Å². The summed E-state index contributed by atoms with van der Waals surface area (Å²) in [5, 5.41) is 9.92. The van der Waals surface area contributed by atoms with E-state index in [1.807, 2.05) is 32.8 Å². The van der Waals surface area contributed by atoms with E-state index in [9.17, 15) is 9.59 Å². The summed E-state index contributed by atoms with van der Waals surface area (Å²) in [5.41, 5.74) is 1.93. The van der Waals surface area contributed by atoms with Crippen LogP contribution in [0.4, 0.5) is 5.82 Å². The van der Waals surface area contributed by atoms with Crippen molar-refractivity contribution in [3.63, 3.8) is 0 Å². The van der Waals surface area contributed by atoms with Crippen LogP contribution in [-0.4, -0.2) is 41.2 Å². The normalized spacial score (nSPS) is 19.4. The highest BCUT2D eigenvalue weighted by molar-refractivity contribution is 6.04. The first kappa shape index (κ1) is 14.5. The maximum absolute atomic E-state index is 12.0. The fourth-order valence-electron chi connectivity index (χ4n) is 2.73. The minimum absolute atomic E-state index is 0.180. The maximum Gasteiger partial charge on any atom is 0.249 e. The summed E-state index contributed by atoms with van der Waals surface area (Å²) < 4.78 is 1.75.